The number of hydrogen-bond donors (Lipinski definition) is 3. The molecule has 11 heteroatoms. The van der Waals surface area contributed by atoms with Gasteiger partial charge in [-0.05, 0) is 61.5 Å². The number of anilines is 1. The summed E-state index contributed by atoms with van der Waals surface area (Å²) in [6, 6.07) is 10.8. The molecule has 0 spiro atoms. The molecule has 1 aromatic heterocycles. The summed E-state index contributed by atoms with van der Waals surface area (Å²) < 4.78 is 42.7. The topological polar surface area (TPSA) is 107 Å². The van der Waals surface area contributed by atoms with E-state index in [0.717, 1.165) is 29.3 Å². The van der Waals surface area contributed by atoms with E-state index in [9.17, 15) is 22.8 Å². The van der Waals surface area contributed by atoms with Gasteiger partial charge in [-0.3, -0.25) is 19.7 Å². The molecule has 1 aliphatic rings. The Kier molecular flexibility index (Phi) is 8.42. The minimum absolute atomic E-state index is 0.0441. The third kappa shape index (κ3) is 6.97. The third-order valence-corrected chi connectivity index (χ3v) is 6.70. The number of rotatable bonds is 4. The molecule has 1 aliphatic heterocycles. The lowest BCUT2D eigenvalue weighted by Gasteiger charge is -2.33. The zero-order chi connectivity index (χ0) is 29.0. The summed E-state index contributed by atoms with van der Waals surface area (Å²) in [5, 5.41) is 10.4. The smallest absolute Gasteiger partial charge is 0.351 e. The van der Waals surface area contributed by atoms with Crippen LogP contribution in [0.1, 0.15) is 38.2 Å². The predicted octanol–water partition coefficient (Wildman–Crippen LogP) is 3.62. The van der Waals surface area contributed by atoms with E-state index in [4.69, 9.17) is 11.1 Å². The monoisotopic (exact) mass is 550 g/mol. The SMILES string of the molecule is Cc1ccc(C(=O)Nc2ccc(CN3CCN(C)CC3)c(C(F)(F)F)c2)cc1C#Cc1ccn(C(N)=O)c(=N)c1. The maximum Gasteiger partial charge on any atom is 0.416 e. The highest BCUT2D eigenvalue weighted by atomic mass is 19.4. The van der Waals surface area contributed by atoms with Crippen molar-refractivity contribution >= 4 is 17.6 Å². The minimum Gasteiger partial charge on any atom is -0.351 e. The molecule has 2 aromatic carbocycles. The molecule has 0 bridgehead atoms. The molecule has 0 radical (unpaired) electrons. The second kappa shape index (κ2) is 11.8. The summed E-state index contributed by atoms with van der Waals surface area (Å²) in [5.74, 6) is 5.27. The summed E-state index contributed by atoms with van der Waals surface area (Å²) in [4.78, 5) is 28.4. The molecule has 4 rings (SSSR count). The zero-order valence-corrected chi connectivity index (χ0v) is 22.1. The number of amides is 2. The molecule has 4 N–H and O–H groups in total. The number of pyridine rings is 1. The molecule has 3 aromatic rings. The van der Waals surface area contributed by atoms with Gasteiger partial charge in [0.1, 0.15) is 5.49 Å². The van der Waals surface area contributed by atoms with Gasteiger partial charge in [-0.25, -0.2) is 4.79 Å². The Morgan fingerprint density at radius 2 is 1.75 bits per heavy atom. The molecule has 0 saturated carbocycles. The van der Waals surface area contributed by atoms with Gasteiger partial charge in [-0.2, -0.15) is 13.2 Å². The Morgan fingerprint density at radius 3 is 2.40 bits per heavy atom. The van der Waals surface area contributed by atoms with Gasteiger partial charge in [0.25, 0.3) is 5.91 Å². The van der Waals surface area contributed by atoms with Crippen molar-refractivity contribution in [3.05, 3.63) is 93.6 Å². The lowest BCUT2D eigenvalue weighted by atomic mass is 10.0. The van der Waals surface area contributed by atoms with Crippen molar-refractivity contribution in [1.29, 1.82) is 5.41 Å². The van der Waals surface area contributed by atoms with E-state index in [1.165, 1.54) is 30.5 Å². The minimum atomic E-state index is -4.57. The van der Waals surface area contributed by atoms with Crippen LogP contribution in [0.15, 0.2) is 54.7 Å². The van der Waals surface area contributed by atoms with E-state index in [2.05, 4.69) is 22.1 Å². The predicted molar refractivity (Wildman–Crippen MR) is 145 cm³/mol. The normalized spacial score (nSPS) is 14.3. The summed E-state index contributed by atoms with van der Waals surface area (Å²) in [6.07, 6.45) is -3.22. The Bertz CT molecular complexity index is 1560. The largest absolute Gasteiger partial charge is 0.416 e. The molecular formula is C29H29F3N6O2. The second-order valence-corrected chi connectivity index (χ2v) is 9.69. The van der Waals surface area contributed by atoms with Crippen molar-refractivity contribution in [2.24, 2.45) is 5.73 Å². The summed E-state index contributed by atoms with van der Waals surface area (Å²) in [7, 11) is 1.98. The van der Waals surface area contributed by atoms with E-state index in [1.807, 2.05) is 18.9 Å². The molecule has 0 atom stereocenters. The van der Waals surface area contributed by atoms with Crippen LogP contribution in [0, 0.1) is 24.2 Å². The standard InChI is InChI=1S/C29H29F3N6O2/c1-19-3-5-22(16-21(19)6-4-20-9-10-38(28(34)40)26(33)15-20)27(39)35-24-8-7-23(25(17-24)29(30,31)32)18-37-13-11-36(2)12-14-37/h3,5,7-10,15-17,33H,11-14,18H2,1-2H3,(H2,34,40)(H,35,39). The van der Waals surface area contributed by atoms with Crippen molar-refractivity contribution in [3.8, 4) is 11.8 Å². The number of nitrogens with one attached hydrogen (secondary N) is 2. The molecule has 1 fully saturated rings. The maximum atomic E-state index is 13.9. The number of carbonyl (C=O) groups is 2. The lowest BCUT2D eigenvalue weighted by Crippen LogP contribution is -2.44. The average Bonchev–Trinajstić information content (AvgIpc) is 2.89. The lowest BCUT2D eigenvalue weighted by molar-refractivity contribution is -0.138. The third-order valence-electron chi connectivity index (χ3n) is 6.70. The highest BCUT2D eigenvalue weighted by Gasteiger charge is 2.34. The maximum absolute atomic E-state index is 13.9. The Labute approximate surface area is 229 Å². The van der Waals surface area contributed by atoms with Crippen LogP contribution in [0.2, 0.25) is 0 Å². The first-order valence-corrected chi connectivity index (χ1v) is 12.5. The average molecular weight is 551 g/mol. The van der Waals surface area contributed by atoms with Gasteiger partial charge in [0.2, 0.25) is 0 Å². The number of hydrogen-bond acceptors (Lipinski definition) is 5. The number of likely N-dealkylation sites (N-methyl/N-ethyl adjacent to an activating group) is 1. The highest BCUT2D eigenvalue weighted by molar-refractivity contribution is 6.04. The zero-order valence-electron chi connectivity index (χ0n) is 22.1. The first-order valence-electron chi connectivity index (χ1n) is 12.5. The summed E-state index contributed by atoms with van der Waals surface area (Å²) >= 11 is 0. The Morgan fingerprint density at radius 1 is 1.02 bits per heavy atom. The van der Waals surface area contributed by atoms with Crippen LogP contribution in [0.3, 0.4) is 0 Å². The molecule has 2 heterocycles. The summed E-state index contributed by atoms with van der Waals surface area (Å²) in [5.41, 5.74) is 6.52. The number of halogens is 3. The molecule has 2 amide bonds. The van der Waals surface area contributed by atoms with Crippen LogP contribution in [0.25, 0.3) is 0 Å². The van der Waals surface area contributed by atoms with Gasteiger partial charge in [-0.15, -0.1) is 0 Å². The first-order chi connectivity index (χ1) is 18.9. The fourth-order valence-corrected chi connectivity index (χ4v) is 4.31. The quantitative estimate of drug-likeness (QED) is 0.432. The van der Waals surface area contributed by atoms with Crippen LogP contribution in [0.4, 0.5) is 23.7 Å². The number of aryl methyl sites for hydroxylation is 1. The number of nitrogens with two attached hydrogens (primary N) is 1. The number of alkyl halides is 3. The van der Waals surface area contributed by atoms with Gasteiger partial charge >= 0.3 is 12.2 Å². The molecule has 0 aliphatic carbocycles. The van der Waals surface area contributed by atoms with E-state index in [1.54, 1.807) is 18.2 Å². The molecule has 40 heavy (non-hydrogen) atoms. The van der Waals surface area contributed by atoms with Gasteiger partial charge in [0.05, 0.1) is 5.56 Å². The van der Waals surface area contributed by atoms with E-state index >= 15 is 0 Å². The van der Waals surface area contributed by atoms with E-state index in [-0.39, 0.29) is 28.8 Å². The number of carbonyl (C=O) groups excluding carboxylic acids is 2. The van der Waals surface area contributed by atoms with Crippen molar-refractivity contribution < 1.29 is 22.8 Å². The van der Waals surface area contributed by atoms with Crippen molar-refractivity contribution in [2.75, 3.05) is 38.5 Å². The number of piperazine rings is 1. The summed E-state index contributed by atoms with van der Waals surface area (Å²) in [6.45, 7) is 4.96. The van der Waals surface area contributed by atoms with Crippen LogP contribution in [-0.4, -0.2) is 59.5 Å². The van der Waals surface area contributed by atoms with E-state index in [0.29, 0.717) is 24.2 Å². The number of benzene rings is 2. The van der Waals surface area contributed by atoms with E-state index < -0.39 is 23.7 Å². The Balaban J connectivity index is 1.53. The molecule has 208 valence electrons. The van der Waals surface area contributed by atoms with Crippen molar-refractivity contribution in [3.63, 3.8) is 0 Å². The van der Waals surface area contributed by atoms with Crippen LogP contribution in [-0.2, 0) is 12.7 Å². The van der Waals surface area contributed by atoms with Gasteiger partial charge in [0.15, 0.2) is 0 Å². The number of primary amides is 1. The van der Waals surface area contributed by atoms with Crippen molar-refractivity contribution in [2.45, 2.75) is 19.6 Å². The van der Waals surface area contributed by atoms with Crippen molar-refractivity contribution in [1.82, 2.24) is 14.4 Å². The van der Waals surface area contributed by atoms with Crippen LogP contribution >= 0.6 is 0 Å². The van der Waals surface area contributed by atoms with Gasteiger partial charge in [-0.1, -0.05) is 24.0 Å². The fraction of sp³-hybridized carbons (Fsp3) is 0.276. The number of nitrogens with zero attached hydrogens (tertiary/aromatic N) is 3. The second-order valence-electron chi connectivity index (χ2n) is 9.69. The highest BCUT2D eigenvalue weighted by Crippen LogP contribution is 2.34. The molecular weight excluding hydrogens is 521 g/mol. The Hall–Kier alpha value is -4.40. The van der Waals surface area contributed by atoms with Crippen LogP contribution < -0.4 is 16.5 Å². The molecule has 1 saturated heterocycles. The number of aromatic nitrogens is 1. The fourth-order valence-electron chi connectivity index (χ4n) is 4.31. The van der Waals surface area contributed by atoms with Gasteiger partial charge in [0, 0.05) is 61.3 Å². The van der Waals surface area contributed by atoms with Gasteiger partial charge < -0.3 is 16.0 Å². The van der Waals surface area contributed by atoms with Crippen LogP contribution in [0.5, 0.6) is 0 Å². The molecule has 8 nitrogen and oxygen atoms in total. The first kappa shape index (κ1) is 28.6. The molecule has 0 unspecified atom stereocenters.